The summed E-state index contributed by atoms with van der Waals surface area (Å²) in [5, 5.41) is 13.7. The van der Waals surface area contributed by atoms with E-state index < -0.39 is 0 Å². The summed E-state index contributed by atoms with van der Waals surface area (Å²) in [4.78, 5) is 12.6. The van der Waals surface area contributed by atoms with Gasteiger partial charge in [-0.1, -0.05) is 48.5 Å². The Kier molecular flexibility index (Phi) is 3.74. The van der Waals surface area contributed by atoms with Gasteiger partial charge in [0.25, 0.3) is 5.56 Å². The molecule has 1 aromatic heterocycles. The van der Waals surface area contributed by atoms with Crippen molar-refractivity contribution in [2.45, 2.75) is 6.92 Å². The van der Waals surface area contributed by atoms with Gasteiger partial charge in [0.2, 0.25) is 0 Å². The molecule has 5 heteroatoms. The Morgan fingerprint density at radius 1 is 0.840 bits per heavy atom. The zero-order valence-corrected chi connectivity index (χ0v) is 13.7. The van der Waals surface area contributed by atoms with Gasteiger partial charge in [0, 0.05) is 0 Å². The number of para-hydroxylation sites is 1. The van der Waals surface area contributed by atoms with Gasteiger partial charge >= 0.3 is 0 Å². The van der Waals surface area contributed by atoms with E-state index in [0.717, 1.165) is 16.5 Å². The van der Waals surface area contributed by atoms with Crippen molar-refractivity contribution in [3.63, 3.8) is 0 Å². The van der Waals surface area contributed by atoms with Crippen molar-refractivity contribution in [2.24, 2.45) is 10.2 Å². The van der Waals surface area contributed by atoms with E-state index in [1.807, 2.05) is 79.7 Å². The Labute approximate surface area is 144 Å². The van der Waals surface area contributed by atoms with Crippen molar-refractivity contribution in [3.8, 4) is 5.69 Å². The Morgan fingerprint density at radius 3 is 2.36 bits per heavy atom. The number of aromatic amines is 1. The molecule has 0 aliphatic rings. The number of rotatable bonds is 3. The van der Waals surface area contributed by atoms with Crippen LogP contribution in [-0.2, 0) is 0 Å². The predicted molar refractivity (Wildman–Crippen MR) is 99.3 cm³/mol. The number of hydrogen-bond acceptors (Lipinski definition) is 3. The van der Waals surface area contributed by atoms with Crippen molar-refractivity contribution in [3.05, 3.63) is 88.8 Å². The number of aromatic nitrogens is 2. The van der Waals surface area contributed by atoms with E-state index in [4.69, 9.17) is 0 Å². The standard InChI is InChI=1S/C20H16N4O/c1-14-19(20(25)24(23-14)18-9-3-2-4-10-18)22-21-17-12-11-15-7-5-6-8-16(15)13-17/h2-13,23H,1H3. The minimum absolute atomic E-state index is 0.215. The second-order valence-electron chi connectivity index (χ2n) is 5.79. The number of azo groups is 1. The Bertz CT molecular complexity index is 1120. The molecule has 0 aliphatic carbocycles. The molecule has 4 aromatic rings. The molecule has 1 heterocycles. The lowest BCUT2D eigenvalue weighted by atomic mass is 10.1. The summed E-state index contributed by atoms with van der Waals surface area (Å²) in [6.07, 6.45) is 0. The molecular formula is C20H16N4O. The molecule has 0 atom stereocenters. The molecule has 3 aromatic carbocycles. The first-order valence-corrected chi connectivity index (χ1v) is 8.00. The van der Waals surface area contributed by atoms with Crippen molar-refractivity contribution in [1.29, 1.82) is 0 Å². The molecule has 0 saturated carbocycles. The smallest absolute Gasteiger partial charge is 0.293 e. The van der Waals surface area contributed by atoms with Crippen LogP contribution < -0.4 is 5.56 Å². The Balaban J connectivity index is 1.71. The fraction of sp³-hybridized carbons (Fsp3) is 0.0500. The molecule has 5 nitrogen and oxygen atoms in total. The van der Waals surface area contributed by atoms with Gasteiger partial charge in [-0.3, -0.25) is 9.89 Å². The second-order valence-corrected chi connectivity index (χ2v) is 5.79. The van der Waals surface area contributed by atoms with Crippen LogP contribution in [0.25, 0.3) is 16.5 Å². The first-order chi connectivity index (χ1) is 12.2. The third kappa shape index (κ3) is 2.87. The van der Waals surface area contributed by atoms with Gasteiger partial charge in [0.15, 0.2) is 5.69 Å². The number of aryl methyl sites for hydroxylation is 1. The highest BCUT2D eigenvalue weighted by atomic mass is 16.1. The largest absolute Gasteiger partial charge is 0.299 e. The summed E-state index contributed by atoms with van der Waals surface area (Å²) >= 11 is 0. The van der Waals surface area contributed by atoms with E-state index in [2.05, 4.69) is 15.3 Å². The molecule has 0 bridgehead atoms. The first-order valence-electron chi connectivity index (χ1n) is 8.00. The lowest BCUT2D eigenvalue weighted by Crippen LogP contribution is -2.13. The maximum atomic E-state index is 12.6. The van der Waals surface area contributed by atoms with Crippen molar-refractivity contribution >= 4 is 22.1 Å². The molecule has 122 valence electrons. The highest BCUT2D eigenvalue weighted by Gasteiger charge is 2.11. The fourth-order valence-corrected chi connectivity index (χ4v) is 2.76. The highest BCUT2D eigenvalue weighted by molar-refractivity contribution is 5.85. The molecular weight excluding hydrogens is 312 g/mol. The predicted octanol–water partition coefficient (Wildman–Crippen LogP) is 5.04. The lowest BCUT2D eigenvalue weighted by Gasteiger charge is -1.99. The quantitative estimate of drug-likeness (QED) is 0.526. The number of fused-ring (bicyclic) bond motifs is 1. The minimum atomic E-state index is -0.215. The Hall–Kier alpha value is -3.47. The van der Waals surface area contributed by atoms with Gasteiger partial charge in [-0.2, -0.15) is 5.11 Å². The number of nitrogens with one attached hydrogen (secondary N) is 1. The van der Waals surface area contributed by atoms with E-state index in [1.165, 1.54) is 4.68 Å². The molecule has 0 unspecified atom stereocenters. The van der Waals surface area contributed by atoms with Gasteiger partial charge in [0.05, 0.1) is 17.1 Å². The molecule has 0 radical (unpaired) electrons. The third-order valence-corrected chi connectivity index (χ3v) is 4.05. The molecule has 0 saturated heterocycles. The summed E-state index contributed by atoms with van der Waals surface area (Å²) in [6, 6.07) is 23.3. The monoisotopic (exact) mass is 328 g/mol. The Morgan fingerprint density at radius 2 is 1.56 bits per heavy atom. The van der Waals surface area contributed by atoms with Crippen LogP contribution in [0.4, 0.5) is 11.4 Å². The van der Waals surface area contributed by atoms with Crippen LogP contribution in [0.2, 0.25) is 0 Å². The molecule has 25 heavy (non-hydrogen) atoms. The van der Waals surface area contributed by atoms with E-state index in [-0.39, 0.29) is 5.56 Å². The number of benzene rings is 3. The number of nitrogens with zero attached hydrogens (tertiary/aromatic N) is 3. The molecule has 0 spiro atoms. The van der Waals surface area contributed by atoms with Crippen LogP contribution in [0.1, 0.15) is 5.69 Å². The summed E-state index contributed by atoms with van der Waals surface area (Å²) < 4.78 is 1.48. The molecule has 0 amide bonds. The number of hydrogen-bond donors (Lipinski definition) is 1. The van der Waals surface area contributed by atoms with Gasteiger partial charge in [0.1, 0.15) is 0 Å². The summed E-state index contributed by atoms with van der Waals surface area (Å²) in [7, 11) is 0. The van der Waals surface area contributed by atoms with Gasteiger partial charge in [-0.15, -0.1) is 5.11 Å². The molecule has 0 aliphatic heterocycles. The van der Waals surface area contributed by atoms with Crippen LogP contribution >= 0.6 is 0 Å². The third-order valence-electron chi connectivity index (χ3n) is 4.05. The van der Waals surface area contributed by atoms with Crippen molar-refractivity contribution < 1.29 is 0 Å². The van der Waals surface area contributed by atoms with Crippen LogP contribution in [0, 0.1) is 6.92 Å². The molecule has 4 rings (SSSR count). The van der Waals surface area contributed by atoms with Crippen LogP contribution in [-0.4, -0.2) is 9.78 Å². The average Bonchev–Trinajstić information content (AvgIpc) is 2.94. The van der Waals surface area contributed by atoms with Gasteiger partial charge in [-0.25, -0.2) is 4.68 Å². The maximum Gasteiger partial charge on any atom is 0.299 e. The van der Waals surface area contributed by atoms with Crippen LogP contribution in [0.5, 0.6) is 0 Å². The SMILES string of the molecule is Cc1[nH]n(-c2ccccc2)c(=O)c1N=Nc1ccc2ccccc2c1. The zero-order chi connectivity index (χ0) is 17.2. The van der Waals surface area contributed by atoms with E-state index >= 15 is 0 Å². The van der Waals surface area contributed by atoms with Crippen molar-refractivity contribution in [2.75, 3.05) is 0 Å². The topological polar surface area (TPSA) is 62.5 Å². The first kappa shape index (κ1) is 15.1. The van der Waals surface area contributed by atoms with Crippen molar-refractivity contribution in [1.82, 2.24) is 9.78 Å². The fourth-order valence-electron chi connectivity index (χ4n) is 2.76. The summed E-state index contributed by atoms with van der Waals surface area (Å²) in [5.74, 6) is 0. The van der Waals surface area contributed by atoms with Gasteiger partial charge < -0.3 is 0 Å². The minimum Gasteiger partial charge on any atom is -0.293 e. The molecule has 0 fully saturated rings. The van der Waals surface area contributed by atoms with Crippen LogP contribution in [0.3, 0.4) is 0 Å². The van der Waals surface area contributed by atoms with E-state index in [1.54, 1.807) is 0 Å². The molecule has 1 N–H and O–H groups in total. The van der Waals surface area contributed by atoms with Gasteiger partial charge in [-0.05, 0) is 42.0 Å². The lowest BCUT2D eigenvalue weighted by molar-refractivity contribution is 0.835. The van der Waals surface area contributed by atoms with E-state index in [9.17, 15) is 4.79 Å². The zero-order valence-electron chi connectivity index (χ0n) is 13.7. The second kappa shape index (κ2) is 6.20. The normalized spacial score (nSPS) is 11.4. The van der Waals surface area contributed by atoms with E-state index in [0.29, 0.717) is 17.1 Å². The summed E-state index contributed by atoms with van der Waals surface area (Å²) in [5.41, 5.74) is 2.26. The maximum absolute atomic E-state index is 12.6. The highest BCUT2D eigenvalue weighted by Crippen LogP contribution is 2.23. The summed E-state index contributed by atoms with van der Waals surface area (Å²) in [6.45, 7) is 1.82. The van der Waals surface area contributed by atoms with Crippen LogP contribution in [0.15, 0.2) is 87.8 Å². The number of H-pyrrole nitrogens is 1. The average molecular weight is 328 g/mol.